The molecular weight excluding hydrogens is 260 g/mol. The first-order valence-corrected chi connectivity index (χ1v) is 6.98. The van der Waals surface area contributed by atoms with Crippen molar-refractivity contribution in [3.63, 3.8) is 0 Å². The second-order valence-electron chi connectivity index (χ2n) is 5.21. The van der Waals surface area contributed by atoms with Crippen LogP contribution in [-0.4, -0.2) is 15.0 Å². The maximum Gasteiger partial charge on any atom is 0.0858 e. The monoisotopic (exact) mass is 278 g/mol. The minimum absolute atomic E-state index is 0.821. The first kappa shape index (κ1) is 13.4. The minimum Gasteiger partial charge on any atom is -0.381 e. The van der Waals surface area contributed by atoms with Crippen LogP contribution in [0.15, 0.2) is 54.9 Å². The molecule has 2 aromatic carbocycles. The number of hydrogen-bond acceptors (Lipinski definition) is 3. The topological polar surface area (TPSA) is 42.7 Å². The van der Waals surface area contributed by atoms with E-state index in [1.807, 2.05) is 24.3 Å². The van der Waals surface area contributed by atoms with Crippen molar-refractivity contribution in [2.24, 2.45) is 0 Å². The van der Waals surface area contributed by atoms with Crippen LogP contribution in [0.3, 0.4) is 0 Å². The van der Waals surface area contributed by atoms with Crippen molar-refractivity contribution in [2.45, 2.75) is 20.4 Å². The fourth-order valence-corrected chi connectivity index (χ4v) is 2.44. The molecule has 4 heteroatoms. The Morgan fingerprint density at radius 3 is 2.14 bits per heavy atom. The molecule has 0 unspecified atom stereocenters. The maximum atomic E-state index is 4.11. The van der Waals surface area contributed by atoms with Crippen LogP contribution in [0, 0.1) is 13.8 Å². The second kappa shape index (κ2) is 5.79. The minimum atomic E-state index is 0.821. The Hall–Kier alpha value is -2.62. The van der Waals surface area contributed by atoms with Gasteiger partial charge in [-0.05, 0) is 43.7 Å². The molecule has 0 aliphatic heterocycles. The molecule has 1 N–H and O–H groups in total. The Morgan fingerprint density at radius 2 is 1.52 bits per heavy atom. The lowest BCUT2D eigenvalue weighted by molar-refractivity contribution is 0.752. The average Bonchev–Trinajstić information content (AvgIpc) is 2.99. The van der Waals surface area contributed by atoms with Gasteiger partial charge in [-0.15, -0.1) is 0 Å². The van der Waals surface area contributed by atoms with E-state index in [1.54, 1.807) is 17.2 Å². The highest BCUT2D eigenvalue weighted by molar-refractivity contribution is 5.48. The van der Waals surface area contributed by atoms with Crippen molar-refractivity contribution in [1.82, 2.24) is 15.0 Å². The third kappa shape index (κ3) is 3.28. The molecule has 0 aliphatic rings. The first-order chi connectivity index (χ1) is 10.2. The molecule has 0 saturated carbocycles. The lowest BCUT2D eigenvalue weighted by Gasteiger charge is -2.09. The number of rotatable bonds is 4. The van der Waals surface area contributed by atoms with Crippen LogP contribution in [-0.2, 0) is 6.54 Å². The molecular formula is C17H18N4. The summed E-state index contributed by atoms with van der Waals surface area (Å²) in [5.41, 5.74) is 5.94. The Labute approximate surface area is 124 Å². The predicted octanol–water partition coefficient (Wildman–Crippen LogP) is 3.50. The van der Waals surface area contributed by atoms with E-state index < -0.39 is 0 Å². The normalized spacial score (nSPS) is 10.6. The van der Waals surface area contributed by atoms with Gasteiger partial charge in [0.25, 0.3) is 0 Å². The van der Waals surface area contributed by atoms with Crippen molar-refractivity contribution in [3.8, 4) is 5.69 Å². The molecule has 0 radical (unpaired) electrons. The molecule has 3 rings (SSSR count). The standard InChI is InChI=1S/C17H18N4/c1-13-9-14(2)11-15(10-13)12-18-16-3-5-17(6-4-16)21-19-7-8-20-21/h3-11,18H,12H2,1-2H3. The van der Waals surface area contributed by atoms with E-state index in [0.29, 0.717) is 0 Å². The van der Waals surface area contributed by atoms with Crippen molar-refractivity contribution in [2.75, 3.05) is 5.32 Å². The number of aromatic nitrogens is 3. The molecule has 0 atom stereocenters. The van der Waals surface area contributed by atoms with Crippen LogP contribution in [0.4, 0.5) is 5.69 Å². The van der Waals surface area contributed by atoms with E-state index in [4.69, 9.17) is 0 Å². The Balaban J connectivity index is 1.68. The number of hydrogen-bond donors (Lipinski definition) is 1. The molecule has 0 amide bonds. The van der Waals surface area contributed by atoms with Gasteiger partial charge in [0.1, 0.15) is 0 Å². The highest BCUT2D eigenvalue weighted by Crippen LogP contribution is 2.14. The summed E-state index contributed by atoms with van der Waals surface area (Å²) in [6.45, 7) is 5.08. The van der Waals surface area contributed by atoms with Crippen molar-refractivity contribution in [1.29, 1.82) is 0 Å². The highest BCUT2D eigenvalue weighted by atomic mass is 15.5. The zero-order valence-corrected chi connectivity index (χ0v) is 12.2. The van der Waals surface area contributed by atoms with E-state index >= 15 is 0 Å². The van der Waals surface area contributed by atoms with Crippen molar-refractivity contribution < 1.29 is 0 Å². The van der Waals surface area contributed by atoms with E-state index in [0.717, 1.165) is 17.9 Å². The quantitative estimate of drug-likeness (QED) is 0.794. The number of aryl methyl sites for hydroxylation is 2. The summed E-state index contributed by atoms with van der Waals surface area (Å²) in [6, 6.07) is 14.7. The van der Waals surface area contributed by atoms with Crippen LogP contribution < -0.4 is 5.32 Å². The maximum absolute atomic E-state index is 4.11. The van der Waals surface area contributed by atoms with Gasteiger partial charge in [-0.25, -0.2) is 0 Å². The van der Waals surface area contributed by atoms with Gasteiger partial charge in [-0.1, -0.05) is 29.3 Å². The van der Waals surface area contributed by atoms with Crippen LogP contribution >= 0.6 is 0 Å². The van der Waals surface area contributed by atoms with Gasteiger partial charge in [0, 0.05) is 12.2 Å². The largest absolute Gasteiger partial charge is 0.381 e. The van der Waals surface area contributed by atoms with Gasteiger partial charge in [0.2, 0.25) is 0 Å². The van der Waals surface area contributed by atoms with Crippen LogP contribution in [0.25, 0.3) is 5.69 Å². The molecule has 0 fully saturated rings. The molecule has 0 bridgehead atoms. The number of benzene rings is 2. The molecule has 3 aromatic rings. The van der Waals surface area contributed by atoms with E-state index in [2.05, 4.69) is 47.6 Å². The summed E-state index contributed by atoms with van der Waals surface area (Å²) in [7, 11) is 0. The smallest absolute Gasteiger partial charge is 0.0858 e. The molecule has 1 heterocycles. The van der Waals surface area contributed by atoms with Gasteiger partial charge in [0.15, 0.2) is 0 Å². The van der Waals surface area contributed by atoms with Crippen LogP contribution in [0.2, 0.25) is 0 Å². The molecule has 0 saturated heterocycles. The molecule has 106 valence electrons. The van der Waals surface area contributed by atoms with Gasteiger partial charge < -0.3 is 5.32 Å². The third-order valence-electron chi connectivity index (χ3n) is 3.30. The van der Waals surface area contributed by atoms with E-state index in [-0.39, 0.29) is 0 Å². The van der Waals surface area contributed by atoms with Crippen molar-refractivity contribution >= 4 is 5.69 Å². The summed E-state index contributed by atoms with van der Waals surface area (Å²) in [6.07, 6.45) is 3.35. The second-order valence-corrected chi connectivity index (χ2v) is 5.21. The zero-order chi connectivity index (χ0) is 14.7. The summed E-state index contributed by atoms with van der Waals surface area (Å²) in [5, 5.41) is 11.7. The van der Waals surface area contributed by atoms with E-state index in [1.165, 1.54) is 16.7 Å². The summed E-state index contributed by atoms with van der Waals surface area (Å²) < 4.78 is 0. The third-order valence-corrected chi connectivity index (χ3v) is 3.30. The molecule has 4 nitrogen and oxygen atoms in total. The Morgan fingerprint density at radius 1 is 0.905 bits per heavy atom. The fourth-order valence-electron chi connectivity index (χ4n) is 2.44. The van der Waals surface area contributed by atoms with Crippen LogP contribution in [0.1, 0.15) is 16.7 Å². The predicted molar refractivity (Wildman–Crippen MR) is 84.6 cm³/mol. The van der Waals surface area contributed by atoms with Gasteiger partial charge in [0.05, 0.1) is 18.1 Å². The lowest BCUT2D eigenvalue weighted by Crippen LogP contribution is -2.01. The summed E-state index contributed by atoms with van der Waals surface area (Å²) in [4.78, 5) is 1.60. The highest BCUT2D eigenvalue weighted by Gasteiger charge is 1.99. The van der Waals surface area contributed by atoms with Gasteiger partial charge in [-0.3, -0.25) is 0 Å². The van der Waals surface area contributed by atoms with Crippen LogP contribution in [0.5, 0.6) is 0 Å². The first-order valence-electron chi connectivity index (χ1n) is 6.98. The number of nitrogens with one attached hydrogen (secondary N) is 1. The Bertz CT molecular complexity index is 695. The summed E-state index contributed by atoms with van der Waals surface area (Å²) in [5.74, 6) is 0. The molecule has 0 spiro atoms. The number of nitrogens with zero attached hydrogens (tertiary/aromatic N) is 3. The zero-order valence-electron chi connectivity index (χ0n) is 12.2. The average molecular weight is 278 g/mol. The van der Waals surface area contributed by atoms with Gasteiger partial charge in [-0.2, -0.15) is 15.0 Å². The number of anilines is 1. The van der Waals surface area contributed by atoms with E-state index in [9.17, 15) is 0 Å². The SMILES string of the molecule is Cc1cc(C)cc(CNc2ccc(-n3nccn3)cc2)c1. The lowest BCUT2D eigenvalue weighted by atomic mass is 10.1. The molecule has 21 heavy (non-hydrogen) atoms. The Kier molecular flexibility index (Phi) is 3.69. The van der Waals surface area contributed by atoms with Crippen molar-refractivity contribution in [3.05, 3.63) is 71.5 Å². The fraction of sp³-hybridized carbons (Fsp3) is 0.176. The molecule has 0 aliphatic carbocycles. The summed E-state index contributed by atoms with van der Waals surface area (Å²) >= 11 is 0. The molecule has 1 aromatic heterocycles. The van der Waals surface area contributed by atoms with Gasteiger partial charge >= 0.3 is 0 Å².